The second-order valence-electron chi connectivity index (χ2n) is 4.22. The van der Waals surface area contributed by atoms with Crippen molar-refractivity contribution in [3.05, 3.63) is 28.8 Å². The molecule has 0 fully saturated rings. The Morgan fingerprint density at radius 3 is 3.00 bits per heavy atom. The van der Waals surface area contributed by atoms with E-state index in [0.29, 0.717) is 0 Å². The van der Waals surface area contributed by atoms with Crippen molar-refractivity contribution in [1.82, 2.24) is 0 Å². The third kappa shape index (κ3) is 1.97. The van der Waals surface area contributed by atoms with Gasteiger partial charge in [-0.15, -0.1) is 0 Å². The van der Waals surface area contributed by atoms with Crippen LogP contribution in [0.3, 0.4) is 0 Å². The fraction of sp³-hybridized carbons (Fsp3) is 0.500. The highest BCUT2D eigenvalue weighted by Gasteiger charge is 2.31. The van der Waals surface area contributed by atoms with E-state index in [4.69, 9.17) is 11.6 Å². The summed E-state index contributed by atoms with van der Waals surface area (Å²) in [7, 11) is 0. The molecule has 2 rings (SSSR count). The molecule has 15 heavy (non-hydrogen) atoms. The predicted octanol–water partition coefficient (Wildman–Crippen LogP) is 2.84. The molecule has 2 nitrogen and oxygen atoms in total. The summed E-state index contributed by atoms with van der Waals surface area (Å²) in [4.78, 5) is 0. The first-order valence-electron chi connectivity index (χ1n) is 5.36. The van der Waals surface area contributed by atoms with Crippen molar-refractivity contribution in [2.75, 3.05) is 11.9 Å². The second kappa shape index (κ2) is 4.03. The SMILES string of the molecule is CCC1(CO)CCc2cc(Cl)ccc2N1. The zero-order valence-corrected chi connectivity index (χ0v) is 9.64. The van der Waals surface area contributed by atoms with Crippen LogP contribution in [0.5, 0.6) is 0 Å². The van der Waals surface area contributed by atoms with Gasteiger partial charge in [-0.1, -0.05) is 18.5 Å². The summed E-state index contributed by atoms with van der Waals surface area (Å²) in [5.74, 6) is 0. The molecule has 1 atom stereocenters. The molecule has 1 aliphatic rings. The molecule has 3 heteroatoms. The Labute approximate surface area is 95.3 Å². The number of aryl methyl sites for hydroxylation is 1. The first-order chi connectivity index (χ1) is 7.19. The minimum Gasteiger partial charge on any atom is -0.394 e. The Balaban J connectivity index is 2.30. The number of fused-ring (bicyclic) bond motifs is 1. The lowest BCUT2D eigenvalue weighted by molar-refractivity contribution is 0.195. The lowest BCUT2D eigenvalue weighted by Crippen LogP contribution is -2.44. The van der Waals surface area contributed by atoms with Crippen molar-refractivity contribution in [3.8, 4) is 0 Å². The van der Waals surface area contributed by atoms with E-state index in [1.54, 1.807) is 0 Å². The molecule has 0 saturated heterocycles. The van der Waals surface area contributed by atoms with Gasteiger partial charge in [0, 0.05) is 10.7 Å². The Hall–Kier alpha value is -0.730. The minimum absolute atomic E-state index is 0.138. The number of hydrogen-bond acceptors (Lipinski definition) is 2. The fourth-order valence-electron chi connectivity index (χ4n) is 2.11. The predicted molar refractivity (Wildman–Crippen MR) is 63.5 cm³/mol. The van der Waals surface area contributed by atoms with Crippen LogP contribution in [0.4, 0.5) is 5.69 Å². The van der Waals surface area contributed by atoms with Gasteiger partial charge in [0.1, 0.15) is 0 Å². The molecule has 0 radical (unpaired) electrons. The van der Waals surface area contributed by atoms with Crippen LogP contribution in [0.1, 0.15) is 25.3 Å². The van der Waals surface area contributed by atoms with Crippen LogP contribution in [-0.4, -0.2) is 17.3 Å². The number of aliphatic hydroxyl groups excluding tert-OH is 1. The van der Waals surface area contributed by atoms with Crippen LogP contribution in [0, 0.1) is 0 Å². The van der Waals surface area contributed by atoms with E-state index in [0.717, 1.165) is 30.0 Å². The minimum atomic E-state index is -0.138. The van der Waals surface area contributed by atoms with Crippen molar-refractivity contribution < 1.29 is 5.11 Å². The maximum absolute atomic E-state index is 9.43. The van der Waals surface area contributed by atoms with Crippen LogP contribution in [-0.2, 0) is 6.42 Å². The zero-order chi connectivity index (χ0) is 10.9. The van der Waals surface area contributed by atoms with Gasteiger partial charge in [0.05, 0.1) is 12.1 Å². The number of nitrogens with one attached hydrogen (secondary N) is 1. The monoisotopic (exact) mass is 225 g/mol. The van der Waals surface area contributed by atoms with E-state index >= 15 is 0 Å². The Morgan fingerprint density at radius 1 is 1.53 bits per heavy atom. The van der Waals surface area contributed by atoms with Gasteiger partial charge in [0.2, 0.25) is 0 Å². The van der Waals surface area contributed by atoms with Gasteiger partial charge in [-0.05, 0) is 43.0 Å². The van der Waals surface area contributed by atoms with Gasteiger partial charge in [-0.25, -0.2) is 0 Å². The van der Waals surface area contributed by atoms with Crippen LogP contribution in [0.25, 0.3) is 0 Å². The normalized spacial score (nSPS) is 24.5. The average molecular weight is 226 g/mol. The topological polar surface area (TPSA) is 32.3 Å². The average Bonchev–Trinajstić information content (AvgIpc) is 2.28. The van der Waals surface area contributed by atoms with Crippen LogP contribution in [0.2, 0.25) is 5.02 Å². The van der Waals surface area contributed by atoms with E-state index in [1.807, 2.05) is 18.2 Å². The van der Waals surface area contributed by atoms with E-state index in [-0.39, 0.29) is 12.1 Å². The lowest BCUT2D eigenvalue weighted by Gasteiger charge is -2.38. The molecule has 2 N–H and O–H groups in total. The summed E-state index contributed by atoms with van der Waals surface area (Å²) >= 11 is 5.94. The first kappa shape index (κ1) is 10.8. The standard InChI is InChI=1S/C12H16ClNO/c1-2-12(8-15)6-5-9-7-10(13)3-4-11(9)14-12/h3-4,7,14-15H,2,5-6,8H2,1H3. The van der Waals surface area contributed by atoms with Crippen LogP contribution in [0.15, 0.2) is 18.2 Å². The van der Waals surface area contributed by atoms with E-state index in [2.05, 4.69) is 12.2 Å². The molecule has 1 aliphatic heterocycles. The largest absolute Gasteiger partial charge is 0.394 e. The third-order valence-electron chi connectivity index (χ3n) is 3.32. The van der Waals surface area contributed by atoms with Gasteiger partial charge in [-0.3, -0.25) is 0 Å². The first-order valence-corrected chi connectivity index (χ1v) is 5.74. The van der Waals surface area contributed by atoms with Crippen molar-refractivity contribution in [3.63, 3.8) is 0 Å². The third-order valence-corrected chi connectivity index (χ3v) is 3.55. The molecule has 0 spiro atoms. The molecule has 0 saturated carbocycles. The highest BCUT2D eigenvalue weighted by atomic mass is 35.5. The maximum atomic E-state index is 9.43. The summed E-state index contributed by atoms with van der Waals surface area (Å²) in [6.45, 7) is 2.29. The van der Waals surface area contributed by atoms with Crippen molar-refractivity contribution >= 4 is 17.3 Å². The Kier molecular flexibility index (Phi) is 2.89. The number of benzene rings is 1. The molecule has 0 aromatic heterocycles. The number of rotatable bonds is 2. The van der Waals surface area contributed by atoms with Crippen LogP contribution >= 0.6 is 11.6 Å². The highest BCUT2D eigenvalue weighted by molar-refractivity contribution is 6.30. The molecule has 1 heterocycles. The smallest absolute Gasteiger partial charge is 0.0661 e. The molecular weight excluding hydrogens is 210 g/mol. The van der Waals surface area contributed by atoms with Crippen molar-refractivity contribution in [1.29, 1.82) is 0 Å². The van der Waals surface area contributed by atoms with E-state index < -0.39 is 0 Å². The molecule has 0 amide bonds. The second-order valence-corrected chi connectivity index (χ2v) is 4.65. The number of halogens is 1. The van der Waals surface area contributed by atoms with Gasteiger partial charge in [0.25, 0.3) is 0 Å². The Morgan fingerprint density at radius 2 is 2.33 bits per heavy atom. The summed E-state index contributed by atoms with van der Waals surface area (Å²) in [6, 6.07) is 5.88. The molecule has 0 bridgehead atoms. The van der Waals surface area contributed by atoms with Crippen molar-refractivity contribution in [2.45, 2.75) is 31.7 Å². The molecule has 0 aliphatic carbocycles. The molecule has 82 valence electrons. The molecule has 1 aromatic carbocycles. The fourth-order valence-corrected chi connectivity index (χ4v) is 2.30. The van der Waals surface area contributed by atoms with Crippen LogP contribution < -0.4 is 5.32 Å². The summed E-state index contributed by atoms with van der Waals surface area (Å²) < 4.78 is 0. The summed E-state index contributed by atoms with van der Waals surface area (Å²) in [5, 5.41) is 13.6. The van der Waals surface area contributed by atoms with E-state index in [1.165, 1.54) is 5.56 Å². The summed E-state index contributed by atoms with van der Waals surface area (Å²) in [6.07, 6.45) is 2.89. The highest BCUT2D eigenvalue weighted by Crippen LogP contribution is 2.33. The molecular formula is C12H16ClNO. The number of hydrogen-bond donors (Lipinski definition) is 2. The number of anilines is 1. The van der Waals surface area contributed by atoms with Crippen molar-refractivity contribution in [2.24, 2.45) is 0 Å². The number of aliphatic hydroxyl groups is 1. The van der Waals surface area contributed by atoms with E-state index in [9.17, 15) is 5.11 Å². The maximum Gasteiger partial charge on any atom is 0.0661 e. The van der Waals surface area contributed by atoms with Gasteiger partial charge in [-0.2, -0.15) is 0 Å². The Bertz CT molecular complexity index is 361. The molecule has 1 aromatic rings. The molecule has 1 unspecified atom stereocenters. The van der Waals surface area contributed by atoms with Gasteiger partial charge in [0.15, 0.2) is 0 Å². The van der Waals surface area contributed by atoms with Gasteiger partial charge < -0.3 is 10.4 Å². The zero-order valence-electron chi connectivity index (χ0n) is 8.89. The summed E-state index contributed by atoms with van der Waals surface area (Å²) in [5.41, 5.74) is 2.22. The van der Waals surface area contributed by atoms with Gasteiger partial charge >= 0.3 is 0 Å². The lowest BCUT2D eigenvalue weighted by atomic mass is 9.85. The quantitative estimate of drug-likeness (QED) is 0.811.